The molecule has 0 fully saturated rings. The van der Waals surface area contributed by atoms with Gasteiger partial charge in [-0.15, -0.1) is 24.0 Å². The predicted octanol–water partition coefficient (Wildman–Crippen LogP) is 2.97. The van der Waals surface area contributed by atoms with E-state index in [1.54, 1.807) is 31.3 Å². The molecule has 0 spiro atoms. The van der Waals surface area contributed by atoms with Crippen molar-refractivity contribution in [3.8, 4) is 0 Å². The van der Waals surface area contributed by atoms with E-state index in [9.17, 15) is 4.79 Å². The lowest BCUT2D eigenvalue weighted by Gasteiger charge is -2.30. The average Bonchev–Trinajstić information content (AvgIpc) is 2.59. The van der Waals surface area contributed by atoms with Crippen LogP contribution in [0.3, 0.4) is 0 Å². The van der Waals surface area contributed by atoms with Gasteiger partial charge in [-0.25, -0.2) is 0 Å². The average molecular weight is 510 g/mol. The third-order valence-electron chi connectivity index (χ3n) is 4.03. The molecule has 1 aromatic rings. The molecule has 0 aromatic heterocycles. The Morgan fingerprint density at radius 2 is 1.59 bits per heavy atom. The van der Waals surface area contributed by atoms with Gasteiger partial charge in [-0.3, -0.25) is 14.7 Å². The minimum Gasteiger partial charge on any atom is -0.355 e. The normalized spacial score (nSPS) is 11.5. The van der Waals surface area contributed by atoms with Crippen LogP contribution in [0, 0.1) is 0 Å². The maximum absolute atomic E-state index is 12.1. The monoisotopic (exact) mass is 509 g/mol. The number of guanidine groups is 1. The van der Waals surface area contributed by atoms with Crippen LogP contribution >= 0.6 is 35.6 Å². The molecule has 0 aliphatic carbocycles. The molecule has 0 saturated carbocycles. The molecule has 0 bridgehead atoms. The first kappa shape index (κ1) is 25.9. The lowest BCUT2D eigenvalue weighted by Crippen LogP contribution is -2.46. The minimum absolute atomic E-state index is 0. The van der Waals surface area contributed by atoms with Crippen LogP contribution in [-0.4, -0.2) is 62.1 Å². The van der Waals surface area contributed by atoms with Crippen LogP contribution in [0.2, 0.25) is 5.02 Å². The number of halogens is 2. The summed E-state index contributed by atoms with van der Waals surface area (Å²) in [7, 11) is 1.74. The molecule has 0 saturated heterocycles. The number of nitrogens with zero attached hydrogens (tertiary/aromatic N) is 2. The molecule has 0 aliphatic rings. The number of hydrogen-bond donors (Lipinski definition) is 3. The Morgan fingerprint density at radius 1 is 1.04 bits per heavy atom. The van der Waals surface area contributed by atoms with Gasteiger partial charge in [0, 0.05) is 45.3 Å². The summed E-state index contributed by atoms with van der Waals surface area (Å²) in [6.07, 6.45) is 0. The Bertz CT molecular complexity index is 587. The molecule has 8 heteroatoms. The highest BCUT2D eigenvalue weighted by Gasteiger charge is 2.12. The summed E-state index contributed by atoms with van der Waals surface area (Å²) in [5, 5.41) is 9.80. The molecular formula is C19H33ClIN5O. The fraction of sp³-hybridized carbons (Fsp3) is 0.579. The van der Waals surface area contributed by atoms with Crippen LogP contribution in [0.25, 0.3) is 0 Å². The van der Waals surface area contributed by atoms with Crippen LogP contribution in [0.15, 0.2) is 29.3 Å². The number of carbonyl (C=O) groups is 1. The highest BCUT2D eigenvalue weighted by atomic mass is 127. The number of hydrogen-bond acceptors (Lipinski definition) is 3. The van der Waals surface area contributed by atoms with Gasteiger partial charge in [-0.1, -0.05) is 23.7 Å². The van der Waals surface area contributed by atoms with Gasteiger partial charge in [0.2, 0.25) is 0 Å². The standard InChI is InChI=1S/C19H32ClN5O.HI/c1-14(2)25(15(3)4)13-12-24-19(21-5)23-11-10-22-18(26)16-8-6-7-9-17(16)20;/h6-9,14-15H,10-13H2,1-5H3,(H,22,26)(H2,21,23,24);1H. The Hall–Kier alpha value is -1.06. The van der Waals surface area contributed by atoms with E-state index in [-0.39, 0.29) is 29.9 Å². The van der Waals surface area contributed by atoms with Crippen LogP contribution in [0.1, 0.15) is 38.1 Å². The van der Waals surface area contributed by atoms with Gasteiger partial charge >= 0.3 is 0 Å². The fourth-order valence-electron chi connectivity index (χ4n) is 2.73. The molecule has 1 aromatic carbocycles. The highest BCUT2D eigenvalue weighted by molar-refractivity contribution is 14.0. The van der Waals surface area contributed by atoms with Crippen molar-refractivity contribution in [3.63, 3.8) is 0 Å². The van der Waals surface area contributed by atoms with E-state index in [2.05, 4.69) is 53.5 Å². The molecule has 0 heterocycles. The first-order chi connectivity index (χ1) is 12.4. The number of carbonyl (C=O) groups excluding carboxylic acids is 1. The van der Waals surface area contributed by atoms with Crippen molar-refractivity contribution in [2.24, 2.45) is 4.99 Å². The topological polar surface area (TPSA) is 68.8 Å². The van der Waals surface area contributed by atoms with Crippen molar-refractivity contribution in [1.82, 2.24) is 20.9 Å². The lowest BCUT2D eigenvalue weighted by molar-refractivity contribution is 0.0954. The third kappa shape index (κ3) is 9.62. The molecule has 0 unspecified atom stereocenters. The van der Waals surface area contributed by atoms with Crippen LogP contribution in [0.5, 0.6) is 0 Å². The molecular weight excluding hydrogens is 477 g/mol. The van der Waals surface area contributed by atoms with Gasteiger partial charge in [0.25, 0.3) is 5.91 Å². The van der Waals surface area contributed by atoms with E-state index in [1.807, 2.05) is 0 Å². The Morgan fingerprint density at radius 3 is 2.15 bits per heavy atom. The molecule has 1 amide bonds. The van der Waals surface area contributed by atoms with E-state index >= 15 is 0 Å². The SMILES string of the molecule is CN=C(NCCNC(=O)c1ccccc1Cl)NCCN(C(C)C)C(C)C.I. The van der Waals surface area contributed by atoms with Crippen molar-refractivity contribution in [2.45, 2.75) is 39.8 Å². The van der Waals surface area contributed by atoms with Crippen LogP contribution in [0.4, 0.5) is 0 Å². The Labute approximate surface area is 185 Å². The van der Waals surface area contributed by atoms with Gasteiger partial charge in [-0.2, -0.15) is 0 Å². The molecule has 1 rings (SSSR count). The second-order valence-electron chi connectivity index (χ2n) is 6.59. The Kier molecular flexibility index (Phi) is 13.5. The zero-order chi connectivity index (χ0) is 19.5. The number of aliphatic imine (C=N–C) groups is 1. The van der Waals surface area contributed by atoms with Gasteiger partial charge < -0.3 is 16.0 Å². The summed E-state index contributed by atoms with van der Waals surface area (Å²) >= 11 is 6.02. The second kappa shape index (κ2) is 14.0. The highest BCUT2D eigenvalue weighted by Crippen LogP contribution is 2.14. The molecule has 27 heavy (non-hydrogen) atoms. The van der Waals surface area contributed by atoms with E-state index in [1.165, 1.54) is 0 Å². The van der Waals surface area contributed by atoms with Crippen molar-refractivity contribution in [1.29, 1.82) is 0 Å². The zero-order valence-electron chi connectivity index (χ0n) is 16.9. The number of nitrogens with one attached hydrogen (secondary N) is 3. The van der Waals surface area contributed by atoms with Gasteiger partial charge in [-0.05, 0) is 39.8 Å². The van der Waals surface area contributed by atoms with E-state index in [0.717, 1.165) is 19.0 Å². The summed E-state index contributed by atoms with van der Waals surface area (Å²) in [4.78, 5) is 18.7. The number of benzene rings is 1. The maximum atomic E-state index is 12.1. The first-order valence-corrected chi connectivity index (χ1v) is 9.47. The van der Waals surface area contributed by atoms with Gasteiger partial charge in [0.1, 0.15) is 0 Å². The van der Waals surface area contributed by atoms with Crippen molar-refractivity contribution in [3.05, 3.63) is 34.9 Å². The summed E-state index contributed by atoms with van der Waals surface area (Å²) in [5.41, 5.74) is 0.485. The second-order valence-corrected chi connectivity index (χ2v) is 6.99. The molecule has 0 atom stereocenters. The summed E-state index contributed by atoms with van der Waals surface area (Å²) in [5.74, 6) is 0.550. The number of rotatable bonds is 9. The summed E-state index contributed by atoms with van der Waals surface area (Å²) < 4.78 is 0. The third-order valence-corrected chi connectivity index (χ3v) is 4.36. The van der Waals surface area contributed by atoms with Crippen molar-refractivity contribution in [2.75, 3.05) is 33.2 Å². The quantitative estimate of drug-likeness (QED) is 0.207. The molecule has 6 nitrogen and oxygen atoms in total. The molecule has 154 valence electrons. The number of amides is 1. The Balaban J connectivity index is 0.00000676. The first-order valence-electron chi connectivity index (χ1n) is 9.09. The van der Waals surface area contributed by atoms with Crippen LogP contribution < -0.4 is 16.0 Å². The van der Waals surface area contributed by atoms with E-state index in [4.69, 9.17) is 11.6 Å². The molecule has 0 radical (unpaired) electrons. The van der Waals surface area contributed by atoms with Gasteiger partial charge in [0.05, 0.1) is 10.6 Å². The summed E-state index contributed by atoms with van der Waals surface area (Å²) in [6.45, 7) is 11.6. The summed E-state index contributed by atoms with van der Waals surface area (Å²) in [6, 6.07) is 8.02. The predicted molar refractivity (Wildman–Crippen MR) is 126 cm³/mol. The molecule has 0 aliphatic heterocycles. The van der Waals surface area contributed by atoms with E-state index in [0.29, 0.717) is 35.8 Å². The van der Waals surface area contributed by atoms with Crippen LogP contribution in [-0.2, 0) is 0 Å². The van der Waals surface area contributed by atoms with E-state index < -0.39 is 0 Å². The molecule has 3 N–H and O–H groups in total. The maximum Gasteiger partial charge on any atom is 0.252 e. The minimum atomic E-state index is -0.176. The lowest BCUT2D eigenvalue weighted by atomic mass is 10.2. The smallest absolute Gasteiger partial charge is 0.252 e. The zero-order valence-corrected chi connectivity index (χ0v) is 20.0. The van der Waals surface area contributed by atoms with Crippen molar-refractivity contribution < 1.29 is 4.79 Å². The largest absolute Gasteiger partial charge is 0.355 e. The van der Waals surface area contributed by atoms with Gasteiger partial charge in [0.15, 0.2) is 5.96 Å². The fourth-order valence-corrected chi connectivity index (χ4v) is 2.96. The van der Waals surface area contributed by atoms with Crippen molar-refractivity contribution >= 4 is 47.4 Å².